The first-order chi connectivity index (χ1) is 11.4. The second-order valence-corrected chi connectivity index (χ2v) is 6.75. The van der Waals surface area contributed by atoms with E-state index in [9.17, 15) is 4.79 Å². The van der Waals surface area contributed by atoms with Crippen molar-refractivity contribution >= 4 is 11.6 Å². The van der Waals surface area contributed by atoms with Crippen molar-refractivity contribution in [1.82, 2.24) is 14.5 Å². The number of benzene rings is 1. The van der Waals surface area contributed by atoms with Gasteiger partial charge < -0.3 is 10.7 Å². The minimum atomic E-state index is -0.224. The summed E-state index contributed by atoms with van der Waals surface area (Å²) in [4.78, 5) is 19.3. The fraction of sp³-hybridized carbons (Fsp3) is 0.222. The van der Waals surface area contributed by atoms with Crippen LogP contribution in [-0.4, -0.2) is 21.1 Å². The van der Waals surface area contributed by atoms with Gasteiger partial charge in [-0.25, -0.2) is 4.79 Å². The van der Waals surface area contributed by atoms with Gasteiger partial charge in [0, 0.05) is 29.4 Å². The summed E-state index contributed by atoms with van der Waals surface area (Å²) < 4.78 is 1.58. The molecule has 3 aromatic rings. The summed E-state index contributed by atoms with van der Waals surface area (Å²) in [5.74, 6) is 0. The van der Waals surface area contributed by atoms with Crippen molar-refractivity contribution in [3.05, 3.63) is 69.9 Å². The number of rotatable bonds is 4. The van der Waals surface area contributed by atoms with E-state index in [0.717, 1.165) is 11.3 Å². The molecule has 0 aliphatic carbocycles. The molecule has 0 unspecified atom stereocenters. The molecule has 0 aliphatic heterocycles. The molecule has 0 spiro atoms. The highest BCUT2D eigenvalue weighted by Crippen LogP contribution is 2.25. The van der Waals surface area contributed by atoms with Crippen LogP contribution in [0, 0.1) is 0 Å². The van der Waals surface area contributed by atoms with E-state index in [-0.39, 0.29) is 11.1 Å². The molecule has 24 heavy (non-hydrogen) atoms. The van der Waals surface area contributed by atoms with Crippen molar-refractivity contribution < 1.29 is 0 Å². The van der Waals surface area contributed by atoms with Crippen LogP contribution >= 0.6 is 11.6 Å². The second-order valence-electron chi connectivity index (χ2n) is 6.31. The lowest BCUT2D eigenvalue weighted by molar-refractivity contribution is 0.539. The quantitative estimate of drug-likeness (QED) is 0.764. The number of nitrogens with one attached hydrogen (secondary N) is 1. The average molecular weight is 343 g/mol. The van der Waals surface area contributed by atoms with E-state index < -0.39 is 0 Å². The highest BCUT2D eigenvalue weighted by Gasteiger charge is 2.19. The van der Waals surface area contributed by atoms with E-state index in [2.05, 4.69) is 23.8 Å². The lowest BCUT2D eigenvalue weighted by Crippen LogP contribution is -2.28. The number of halogens is 1. The maximum absolute atomic E-state index is 12.3. The molecule has 0 radical (unpaired) electrons. The van der Waals surface area contributed by atoms with Crippen LogP contribution in [0.1, 0.15) is 19.4 Å². The van der Waals surface area contributed by atoms with Gasteiger partial charge in [-0.2, -0.15) is 0 Å². The molecule has 2 aromatic heterocycles. The maximum Gasteiger partial charge on any atom is 0.330 e. The van der Waals surface area contributed by atoms with Crippen molar-refractivity contribution in [2.24, 2.45) is 5.73 Å². The predicted molar refractivity (Wildman–Crippen MR) is 96.7 cm³/mol. The molecular formula is C18H19ClN4O. The monoisotopic (exact) mass is 342 g/mol. The van der Waals surface area contributed by atoms with Crippen molar-refractivity contribution in [3.63, 3.8) is 0 Å². The Morgan fingerprint density at radius 3 is 2.58 bits per heavy atom. The fourth-order valence-corrected chi connectivity index (χ4v) is 2.70. The van der Waals surface area contributed by atoms with Gasteiger partial charge in [-0.1, -0.05) is 37.6 Å². The molecule has 0 amide bonds. The highest BCUT2D eigenvalue weighted by atomic mass is 35.5. The summed E-state index contributed by atoms with van der Waals surface area (Å²) in [6.45, 7) is 4.73. The van der Waals surface area contributed by atoms with Gasteiger partial charge in [0.1, 0.15) is 0 Å². The summed E-state index contributed by atoms with van der Waals surface area (Å²) in [6, 6.07) is 11.2. The number of hydrogen-bond acceptors (Lipinski definition) is 3. The Morgan fingerprint density at radius 2 is 1.96 bits per heavy atom. The van der Waals surface area contributed by atoms with Crippen LogP contribution in [0.3, 0.4) is 0 Å². The van der Waals surface area contributed by atoms with Crippen LogP contribution in [0.4, 0.5) is 0 Å². The van der Waals surface area contributed by atoms with Gasteiger partial charge in [-0.05, 0) is 29.8 Å². The Hall–Kier alpha value is -2.37. The van der Waals surface area contributed by atoms with E-state index in [1.165, 1.54) is 0 Å². The smallest absolute Gasteiger partial charge is 0.330 e. The SMILES string of the molecule is CC(C)(CN)c1ccc(-n2c(-c3cc(Cl)ccn3)c[nH]c2=O)cc1. The normalized spacial score (nSPS) is 11.7. The maximum atomic E-state index is 12.3. The minimum Gasteiger partial charge on any atom is -0.330 e. The lowest BCUT2D eigenvalue weighted by atomic mass is 9.85. The third-order valence-corrected chi connectivity index (χ3v) is 4.41. The zero-order valence-electron chi connectivity index (χ0n) is 13.6. The van der Waals surface area contributed by atoms with Crippen LogP contribution in [0.5, 0.6) is 0 Å². The molecule has 5 nitrogen and oxygen atoms in total. The van der Waals surface area contributed by atoms with Gasteiger partial charge in [0.05, 0.1) is 17.1 Å². The average Bonchev–Trinajstić information content (AvgIpc) is 2.96. The topological polar surface area (TPSA) is 76.7 Å². The number of imidazole rings is 1. The van der Waals surface area contributed by atoms with Crippen molar-refractivity contribution in [1.29, 1.82) is 0 Å². The van der Waals surface area contributed by atoms with Crippen LogP contribution in [0.15, 0.2) is 53.6 Å². The third-order valence-electron chi connectivity index (χ3n) is 4.18. The number of H-pyrrole nitrogens is 1. The Kier molecular flexibility index (Phi) is 4.30. The summed E-state index contributed by atoms with van der Waals surface area (Å²) >= 11 is 6.04. The van der Waals surface area contributed by atoms with Crippen LogP contribution in [0.25, 0.3) is 17.1 Å². The number of aromatic nitrogens is 3. The van der Waals surface area contributed by atoms with Crippen LogP contribution in [-0.2, 0) is 5.41 Å². The Morgan fingerprint density at radius 1 is 1.25 bits per heavy atom. The Bertz CT molecular complexity index is 909. The summed E-state index contributed by atoms with van der Waals surface area (Å²) in [6.07, 6.45) is 3.26. The summed E-state index contributed by atoms with van der Waals surface area (Å²) in [5, 5.41) is 0.570. The number of nitrogens with two attached hydrogens (primary N) is 1. The molecule has 0 fully saturated rings. The first kappa shape index (κ1) is 16.5. The minimum absolute atomic E-state index is 0.112. The van der Waals surface area contributed by atoms with Crippen LogP contribution in [0.2, 0.25) is 5.02 Å². The number of nitrogens with zero attached hydrogens (tertiary/aromatic N) is 2. The molecule has 124 valence electrons. The van der Waals surface area contributed by atoms with E-state index >= 15 is 0 Å². The molecule has 0 saturated carbocycles. The van der Waals surface area contributed by atoms with Gasteiger partial charge in [0.2, 0.25) is 0 Å². The van der Waals surface area contributed by atoms with E-state index in [0.29, 0.717) is 23.0 Å². The van der Waals surface area contributed by atoms with Crippen molar-refractivity contribution in [2.75, 3.05) is 6.54 Å². The van der Waals surface area contributed by atoms with Crippen molar-refractivity contribution in [2.45, 2.75) is 19.3 Å². The molecule has 6 heteroatoms. The molecule has 0 aliphatic rings. The van der Waals surface area contributed by atoms with E-state index in [4.69, 9.17) is 17.3 Å². The van der Waals surface area contributed by atoms with E-state index in [1.54, 1.807) is 29.1 Å². The predicted octanol–water partition coefficient (Wildman–Crippen LogP) is 3.12. The third kappa shape index (κ3) is 3.00. The van der Waals surface area contributed by atoms with Crippen molar-refractivity contribution in [3.8, 4) is 17.1 Å². The Labute approximate surface area is 145 Å². The summed E-state index contributed by atoms with van der Waals surface area (Å²) in [7, 11) is 0. The number of hydrogen-bond donors (Lipinski definition) is 2. The van der Waals surface area contributed by atoms with Gasteiger partial charge in [-0.15, -0.1) is 0 Å². The largest absolute Gasteiger partial charge is 0.330 e. The molecule has 0 saturated heterocycles. The molecule has 2 heterocycles. The van der Waals surface area contributed by atoms with Gasteiger partial charge >= 0.3 is 5.69 Å². The zero-order chi connectivity index (χ0) is 17.3. The standard InChI is InChI=1S/C18H19ClN4O/c1-18(2,11-20)12-3-5-14(6-4-12)23-16(10-22-17(23)24)15-9-13(19)7-8-21-15/h3-10H,11,20H2,1-2H3,(H,22,24). The lowest BCUT2D eigenvalue weighted by Gasteiger charge is -2.23. The first-order valence-corrected chi connectivity index (χ1v) is 8.03. The molecule has 3 rings (SSSR count). The highest BCUT2D eigenvalue weighted by molar-refractivity contribution is 6.30. The number of aromatic amines is 1. The second kappa shape index (κ2) is 6.26. The summed E-state index contributed by atoms with van der Waals surface area (Å²) in [5.41, 5.74) is 8.67. The van der Waals surface area contributed by atoms with Gasteiger partial charge in [0.25, 0.3) is 0 Å². The van der Waals surface area contributed by atoms with E-state index in [1.807, 2.05) is 24.3 Å². The molecule has 0 bridgehead atoms. The van der Waals surface area contributed by atoms with Crippen LogP contribution < -0.4 is 11.4 Å². The number of pyridine rings is 1. The first-order valence-electron chi connectivity index (χ1n) is 7.66. The van der Waals surface area contributed by atoms with Gasteiger partial charge in [-0.3, -0.25) is 9.55 Å². The zero-order valence-corrected chi connectivity index (χ0v) is 14.3. The molecule has 1 aromatic carbocycles. The Balaban J connectivity index is 2.08. The van der Waals surface area contributed by atoms with Gasteiger partial charge in [0.15, 0.2) is 0 Å². The molecule has 0 atom stereocenters. The molecular weight excluding hydrogens is 324 g/mol. The molecule has 3 N–H and O–H groups in total. The fourth-order valence-electron chi connectivity index (χ4n) is 2.54.